The van der Waals surface area contributed by atoms with Gasteiger partial charge >= 0.3 is 0 Å². The van der Waals surface area contributed by atoms with Gasteiger partial charge < -0.3 is 10.2 Å². The fraction of sp³-hybridized carbons (Fsp3) is 0.375. The minimum atomic E-state index is -3.82. The average molecular weight is 564 g/mol. The molecule has 8 heteroatoms. The Hall–Kier alpha value is -3.65. The van der Waals surface area contributed by atoms with E-state index in [0.29, 0.717) is 18.7 Å². The summed E-state index contributed by atoms with van der Waals surface area (Å²) in [6, 6.07) is 25.4. The number of benzene rings is 3. The normalized spacial score (nSPS) is 12.3. The SMILES string of the molecule is CC(C)CNC(=O)C(Cc1ccccc1)N(Cc1ccccc1)C(=O)CN(c1ccccc1C(C)C)S(C)(=O)=O. The van der Waals surface area contributed by atoms with Crippen LogP contribution in [0.5, 0.6) is 0 Å². The Balaban J connectivity index is 2.06. The lowest BCUT2D eigenvalue weighted by Gasteiger charge is -2.34. The highest BCUT2D eigenvalue weighted by Gasteiger charge is 2.33. The molecule has 214 valence electrons. The second kappa shape index (κ2) is 14.1. The van der Waals surface area contributed by atoms with Crippen LogP contribution >= 0.6 is 0 Å². The van der Waals surface area contributed by atoms with Gasteiger partial charge in [-0.1, -0.05) is 107 Å². The van der Waals surface area contributed by atoms with Gasteiger partial charge in [0.15, 0.2) is 0 Å². The second-order valence-corrected chi connectivity index (χ2v) is 12.7. The molecule has 3 aromatic carbocycles. The number of sulfonamides is 1. The van der Waals surface area contributed by atoms with Crippen LogP contribution in [0, 0.1) is 5.92 Å². The van der Waals surface area contributed by atoms with Crippen molar-refractivity contribution in [3.8, 4) is 0 Å². The summed E-state index contributed by atoms with van der Waals surface area (Å²) >= 11 is 0. The van der Waals surface area contributed by atoms with Crippen molar-refractivity contribution in [2.24, 2.45) is 5.92 Å². The van der Waals surface area contributed by atoms with Gasteiger partial charge in [-0.25, -0.2) is 8.42 Å². The molecule has 40 heavy (non-hydrogen) atoms. The van der Waals surface area contributed by atoms with Gasteiger partial charge in [0.2, 0.25) is 21.8 Å². The van der Waals surface area contributed by atoms with Crippen molar-refractivity contribution in [2.75, 3.05) is 23.7 Å². The van der Waals surface area contributed by atoms with Crippen molar-refractivity contribution in [2.45, 2.75) is 52.6 Å². The Labute approximate surface area is 239 Å². The first-order chi connectivity index (χ1) is 19.0. The predicted molar refractivity (Wildman–Crippen MR) is 161 cm³/mol. The summed E-state index contributed by atoms with van der Waals surface area (Å²) in [5, 5.41) is 3.00. The molecule has 2 amide bonds. The van der Waals surface area contributed by atoms with Gasteiger partial charge in [0.05, 0.1) is 11.9 Å². The molecule has 0 aromatic heterocycles. The number of carbonyl (C=O) groups excluding carboxylic acids is 2. The highest BCUT2D eigenvalue weighted by molar-refractivity contribution is 7.92. The summed E-state index contributed by atoms with van der Waals surface area (Å²) in [6.45, 7) is 8.20. The third-order valence-electron chi connectivity index (χ3n) is 6.66. The number of para-hydroxylation sites is 1. The minimum absolute atomic E-state index is 0.0450. The van der Waals surface area contributed by atoms with Crippen LogP contribution < -0.4 is 9.62 Å². The summed E-state index contributed by atoms with van der Waals surface area (Å²) in [6.07, 6.45) is 1.40. The zero-order valence-electron chi connectivity index (χ0n) is 24.1. The van der Waals surface area contributed by atoms with Gasteiger partial charge in [-0.05, 0) is 34.6 Å². The highest BCUT2D eigenvalue weighted by Crippen LogP contribution is 2.29. The molecule has 0 heterocycles. The summed E-state index contributed by atoms with van der Waals surface area (Å²) in [5.41, 5.74) is 3.05. The molecule has 0 saturated heterocycles. The van der Waals surface area contributed by atoms with Crippen LogP contribution in [0.15, 0.2) is 84.9 Å². The van der Waals surface area contributed by atoms with Gasteiger partial charge in [-0.2, -0.15) is 0 Å². The maximum atomic E-state index is 14.2. The van der Waals surface area contributed by atoms with E-state index in [0.717, 1.165) is 27.3 Å². The number of nitrogens with zero attached hydrogens (tertiary/aromatic N) is 2. The van der Waals surface area contributed by atoms with Gasteiger partial charge in [0.25, 0.3) is 0 Å². The fourth-order valence-electron chi connectivity index (χ4n) is 4.55. The summed E-state index contributed by atoms with van der Waals surface area (Å²) < 4.78 is 27.3. The Morgan fingerprint density at radius 1 is 0.800 bits per heavy atom. The molecule has 0 fully saturated rings. The molecular weight excluding hydrogens is 522 g/mol. The van der Waals surface area contributed by atoms with Crippen molar-refractivity contribution in [1.29, 1.82) is 0 Å². The molecule has 7 nitrogen and oxygen atoms in total. The smallest absolute Gasteiger partial charge is 0.244 e. The maximum Gasteiger partial charge on any atom is 0.244 e. The number of hydrogen-bond donors (Lipinski definition) is 1. The molecule has 0 aliphatic rings. The summed E-state index contributed by atoms with van der Waals surface area (Å²) in [5.74, 6) is -0.444. The van der Waals surface area contributed by atoms with Crippen LogP contribution in [0.25, 0.3) is 0 Å². The van der Waals surface area contributed by atoms with E-state index in [1.807, 2.05) is 100 Å². The standard InChI is InChI=1S/C32H41N3O4S/c1-24(2)21-33-32(37)30(20-26-14-8-6-9-15-26)34(22-27-16-10-7-11-17-27)31(36)23-35(40(5,38)39)29-19-13-12-18-28(29)25(3)4/h6-19,24-25,30H,20-23H2,1-5H3,(H,33,37). The molecule has 0 radical (unpaired) electrons. The second-order valence-electron chi connectivity index (χ2n) is 10.8. The Morgan fingerprint density at radius 3 is 1.90 bits per heavy atom. The summed E-state index contributed by atoms with van der Waals surface area (Å²) in [4.78, 5) is 29.3. The van der Waals surface area contributed by atoms with Crippen LogP contribution in [0.1, 0.15) is 50.3 Å². The molecule has 0 saturated carbocycles. The van der Waals surface area contributed by atoms with Crippen molar-refractivity contribution in [3.05, 3.63) is 102 Å². The number of anilines is 1. The van der Waals surface area contributed by atoms with Crippen LogP contribution in [0.4, 0.5) is 5.69 Å². The number of hydrogen-bond acceptors (Lipinski definition) is 4. The molecule has 0 spiro atoms. The van der Waals surface area contributed by atoms with E-state index in [9.17, 15) is 18.0 Å². The van der Waals surface area contributed by atoms with Gasteiger partial charge in [-0.15, -0.1) is 0 Å². The lowest BCUT2D eigenvalue weighted by atomic mass is 10.0. The number of carbonyl (C=O) groups is 2. The van der Waals surface area contributed by atoms with E-state index in [4.69, 9.17) is 0 Å². The molecule has 1 N–H and O–H groups in total. The molecule has 3 rings (SSSR count). The van der Waals surface area contributed by atoms with E-state index >= 15 is 0 Å². The predicted octanol–water partition coefficient (Wildman–Crippen LogP) is 4.99. The third-order valence-corrected chi connectivity index (χ3v) is 7.78. The average Bonchev–Trinajstić information content (AvgIpc) is 2.92. The van der Waals surface area contributed by atoms with E-state index < -0.39 is 28.5 Å². The number of amides is 2. The monoisotopic (exact) mass is 563 g/mol. The quantitative estimate of drug-likeness (QED) is 0.318. The molecular formula is C32H41N3O4S. The molecule has 1 unspecified atom stereocenters. The first kappa shape index (κ1) is 30.9. The first-order valence-electron chi connectivity index (χ1n) is 13.7. The first-order valence-corrected chi connectivity index (χ1v) is 15.5. The van der Waals surface area contributed by atoms with Gasteiger partial charge in [0, 0.05) is 19.5 Å². The van der Waals surface area contributed by atoms with E-state index in [1.54, 1.807) is 12.1 Å². The zero-order valence-corrected chi connectivity index (χ0v) is 24.9. The van der Waals surface area contributed by atoms with Crippen molar-refractivity contribution >= 4 is 27.5 Å². The minimum Gasteiger partial charge on any atom is -0.354 e. The molecule has 0 aliphatic heterocycles. The molecule has 0 bridgehead atoms. The van der Waals surface area contributed by atoms with Crippen molar-refractivity contribution < 1.29 is 18.0 Å². The zero-order chi connectivity index (χ0) is 29.3. The van der Waals surface area contributed by atoms with E-state index in [1.165, 1.54) is 4.90 Å². The topological polar surface area (TPSA) is 86.8 Å². The van der Waals surface area contributed by atoms with Crippen LogP contribution in [0.3, 0.4) is 0 Å². The largest absolute Gasteiger partial charge is 0.354 e. The van der Waals surface area contributed by atoms with Gasteiger partial charge in [-0.3, -0.25) is 13.9 Å². The fourth-order valence-corrected chi connectivity index (χ4v) is 5.42. The highest BCUT2D eigenvalue weighted by atomic mass is 32.2. The lowest BCUT2D eigenvalue weighted by molar-refractivity contribution is -0.140. The molecule has 0 aliphatic carbocycles. The van der Waals surface area contributed by atoms with Crippen LogP contribution in [0.2, 0.25) is 0 Å². The molecule has 3 aromatic rings. The van der Waals surface area contributed by atoms with Gasteiger partial charge in [0.1, 0.15) is 12.6 Å². The van der Waals surface area contributed by atoms with Crippen LogP contribution in [-0.4, -0.2) is 50.5 Å². The Morgan fingerprint density at radius 2 is 1.35 bits per heavy atom. The van der Waals surface area contributed by atoms with E-state index in [-0.39, 0.29) is 24.3 Å². The maximum absolute atomic E-state index is 14.2. The summed E-state index contributed by atoms with van der Waals surface area (Å²) in [7, 11) is -3.82. The number of rotatable bonds is 13. The lowest BCUT2D eigenvalue weighted by Crippen LogP contribution is -2.53. The van der Waals surface area contributed by atoms with Crippen molar-refractivity contribution in [3.63, 3.8) is 0 Å². The molecule has 1 atom stereocenters. The van der Waals surface area contributed by atoms with Crippen molar-refractivity contribution in [1.82, 2.24) is 10.2 Å². The third kappa shape index (κ3) is 8.68. The number of nitrogens with one attached hydrogen (secondary N) is 1. The Bertz CT molecular complexity index is 1360. The van der Waals surface area contributed by atoms with Crippen LogP contribution in [-0.2, 0) is 32.6 Å². The Kier molecular flexibility index (Phi) is 10.9. The van der Waals surface area contributed by atoms with E-state index in [2.05, 4.69) is 5.32 Å².